The van der Waals surface area contributed by atoms with E-state index in [4.69, 9.17) is 26.9 Å². The van der Waals surface area contributed by atoms with Gasteiger partial charge in [0.2, 0.25) is 0 Å². The Morgan fingerprint density at radius 2 is 2.46 bits per heavy atom. The van der Waals surface area contributed by atoms with Gasteiger partial charge in [0.05, 0.1) is 0 Å². The summed E-state index contributed by atoms with van der Waals surface area (Å²) >= 11 is 5.60. The van der Waals surface area contributed by atoms with Gasteiger partial charge in [0.1, 0.15) is 11.3 Å². The van der Waals surface area contributed by atoms with E-state index in [9.17, 15) is 4.79 Å². The molecule has 5 heteroatoms. The Kier molecular flexibility index (Phi) is 1.65. The van der Waals surface area contributed by atoms with E-state index in [1.54, 1.807) is 0 Å². The summed E-state index contributed by atoms with van der Waals surface area (Å²) in [7, 11) is 0. The van der Waals surface area contributed by atoms with E-state index >= 15 is 0 Å². The second kappa shape index (κ2) is 2.49. The van der Waals surface area contributed by atoms with Gasteiger partial charge >= 0.3 is 5.97 Å². The molecule has 2 rings (SSSR count). The Morgan fingerprint density at radius 1 is 1.77 bits per heavy atom. The van der Waals surface area contributed by atoms with Crippen LogP contribution < -0.4 is 5.73 Å². The lowest BCUT2D eigenvalue weighted by molar-refractivity contribution is -0.143. The second-order valence-electron chi connectivity index (χ2n) is 3.16. The van der Waals surface area contributed by atoms with E-state index in [0.717, 1.165) is 0 Å². The van der Waals surface area contributed by atoms with Crippen LogP contribution in [-0.2, 0) is 16.8 Å². The summed E-state index contributed by atoms with van der Waals surface area (Å²) in [6.07, 6.45) is 0.901. The zero-order chi connectivity index (χ0) is 9.64. The number of carboxylic acids is 1. The molecule has 13 heavy (non-hydrogen) atoms. The molecular weight excluding hydrogens is 194 g/mol. The second-order valence-corrected chi connectivity index (χ2v) is 3.54. The van der Waals surface area contributed by atoms with Gasteiger partial charge in [-0.25, -0.2) is 4.79 Å². The first kappa shape index (κ1) is 8.59. The molecular formula is C8H8ClNO3. The molecule has 4 nitrogen and oxygen atoms in total. The van der Waals surface area contributed by atoms with Crippen molar-refractivity contribution in [3.05, 3.63) is 22.6 Å². The van der Waals surface area contributed by atoms with Gasteiger partial charge in [0, 0.05) is 18.1 Å². The van der Waals surface area contributed by atoms with Crippen LogP contribution in [0.5, 0.6) is 0 Å². The van der Waals surface area contributed by atoms with Gasteiger partial charge in [-0.2, -0.15) is 0 Å². The SMILES string of the molecule is NC1(C(=O)O)CCc2oc(Cl)cc21. The number of carbonyl (C=O) groups is 1. The number of halogens is 1. The van der Waals surface area contributed by atoms with Gasteiger partial charge in [-0.1, -0.05) is 0 Å². The van der Waals surface area contributed by atoms with Crippen LogP contribution in [0.2, 0.25) is 5.22 Å². The molecule has 0 amide bonds. The van der Waals surface area contributed by atoms with E-state index in [2.05, 4.69) is 0 Å². The molecule has 0 saturated carbocycles. The molecule has 0 saturated heterocycles. The van der Waals surface area contributed by atoms with Crippen LogP contribution in [0.1, 0.15) is 17.7 Å². The summed E-state index contributed by atoms with van der Waals surface area (Å²) in [5, 5.41) is 9.11. The molecule has 1 aromatic rings. The van der Waals surface area contributed by atoms with Gasteiger partial charge in [0.15, 0.2) is 5.22 Å². The smallest absolute Gasteiger partial charge is 0.328 e. The number of aliphatic carboxylic acids is 1. The van der Waals surface area contributed by atoms with Crippen LogP contribution in [0, 0.1) is 0 Å². The fourth-order valence-corrected chi connectivity index (χ4v) is 1.83. The van der Waals surface area contributed by atoms with Crippen LogP contribution in [0.15, 0.2) is 10.5 Å². The third-order valence-electron chi connectivity index (χ3n) is 2.39. The van der Waals surface area contributed by atoms with Gasteiger partial charge in [-0.05, 0) is 18.0 Å². The molecule has 0 spiro atoms. The van der Waals surface area contributed by atoms with Crippen molar-refractivity contribution in [1.29, 1.82) is 0 Å². The molecule has 0 fully saturated rings. The Bertz CT molecular complexity index is 373. The standard InChI is InChI=1S/C8H8ClNO3/c9-6-3-4-5(13-6)1-2-8(4,10)7(11)12/h3H,1-2,10H2,(H,11,12). The van der Waals surface area contributed by atoms with Crippen LogP contribution in [-0.4, -0.2) is 11.1 Å². The maximum atomic E-state index is 10.9. The Hall–Kier alpha value is -1.00. The molecule has 0 aromatic carbocycles. The average Bonchev–Trinajstić information content (AvgIpc) is 2.53. The molecule has 0 radical (unpaired) electrons. The largest absolute Gasteiger partial charge is 0.480 e. The molecule has 3 N–H and O–H groups in total. The summed E-state index contributed by atoms with van der Waals surface area (Å²) in [6.45, 7) is 0. The maximum Gasteiger partial charge on any atom is 0.328 e. The van der Waals surface area contributed by atoms with E-state index in [0.29, 0.717) is 24.2 Å². The minimum absolute atomic E-state index is 0.195. The van der Waals surface area contributed by atoms with Crippen LogP contribution in [0.25, 0.3) is 0 Å². The van der Waals surface area contributed by atoms with E-state index in [1.807, 2.05) is 0 Å². The monoisotopic (exact) mass is 201 g/mol. The average molecular weight is 202 g/mol. The molecule has 1 atom stereocenters. The van der Waals surface area contributed by atoms with Crippen molar-refractivity contribution >= 4 is 17.6 Å². The van der Waals surface area contributed by atoms with E-state index in [-0.39, 0.29) is 5.22 Å². The number of furan rings is 1. The number of fused-ring (bicyclic) bond motifs is 1. The fraction of sp³-hybridized carbons (Fsp3) is 0.375. The van der Waals surface area contributed by atoms with Gasteiger partial charge in [-0.3, -0.25) is 0 Å². The molecule has 1 aromatic heterocycles. The number of hydrogen-bond acceptors (Lipinski definition) is 3. The molecule has 0 bridgehead atoms. The maximum absolute atomic E-state index is 10.9. The number of rotatable bonds is 1. The minimum atomic E-state index is -1.31. The topological polar surface area (TPSA) is 76.5 Å². The molecule has 1 heterocycles. The predicted molar refractivity (Wildman–Crippen MR) is 45.5 cm³/mol. The normalized spacial score (nSPS) is 26.0. The molecule has 1 aliphatic carbocycles. The minimum Gasteiger partial charge on any atom is -0.480 e. The summed E-state index contributed by atoms with van der Waals surface area (Å²) in [5.41, 5.74) is 4.90. The highest BCUT2D eigenvalue weighted by atomic mass is 35.5. The van der Waals surface area contributed by atoms with E-state index < -0.39 is 11.5 Å². The first-order valence-corrected chi connectivity index (χ1v) is 4.23. The van der Waals surface area contributed by atoms with Crippen molar-refractivity contribution in [2.24, 2.45) is 5.73 Å². The van der Waals surface area contributed by atoms with Crippen molar-refractivity contribution < 1.29 is 14.3 Å². The molecule has 0 aliphatic heterocycles. The highest BCUT2D eigenvalue weighted by molar-refractivity contribution is 6.29. The Morgan fingerprint density at radius 3 is 3.08 bits per heavy atom. The summed E-state index contributed by atoms with van der Waals surface area (Å²) in [4.78, 5) is 10.9. The van der Waals surface area contributed by atoms with Gasteiger partial charge < -0.3 is 15.3 Å². The van der Waals surface area contributed by atoms with Crippen LogP contribution in [0.4, 0.5) is 0 Å². The zero-order valence-electron chi connectivity index (χ0n) is 6.71. The third-order valence-corrected chi connectivity index (χ3v) is 2.57. The van der Waals surface area contributed by atoms with Crippen molar-refractivity contribution in [2.75, 3.05) is 0 Å². The lowest BCUT2D eigenvalue weighted by atomic mass is 9.95. The van der Waals surface area contributed by atoms with Crippen LogP contribution in [0.3, 0.4) is 0 Å². The third kappa shape index (κ3) is 1.06. The predicted octanol–water partition coefficient (Wildman–Crippen LogP) is 1.12. The van der Waals surface area contributed by atoms with Gasteiger partial charge in [0.25, 0.3) is 0 Å². The zero-order valence-corrected chi connectivity index (χ0v) is 7.47. The number of aryl methyl sites for hydroxylation is 1. The summed E-state index contributed by atoms with van der Waals surface area (Å²) < 4.78 is 5.09. The summed E-state index contributed by atoms with van der Waals surface area (Å²) in [5.74, 6) is -0.446. The first-order valence-electron chi connectivity index (χ1n) is 3.85. The molecule has 1 unspecified atom stereocenters. The Labute approximate surface area is 79.3 Å². The summed E-state index contributed by atoms with van der Waals surface area (Å²) in [6, 6.07) is 1.48. The van der Waals surface area contributed by atoms with Gasteiger partial charge in [-0.15, -0.1) is 0 Å². The van der Waals surface area contributed by atoms with Crippen molar-refractivity contribution in [3.63, 3.8) is 0 Å². The highest BCUT2D eigenvalue weighted by Gasteiger charge is 2.44. The van der Waals surface area contributed by atoms with Crippen molar-refractivity contribution in [2.45, 2.75) is 18.4 Å². The highest BCUT2D eigenvalue weighted by Crippen LogP contribution is 2.38. The molecule has 70 valence electrons. The van der Waals surface area contributed by atoms with Crippen LogP contribution >= 0.6 is 11.6 Å². The lowest BCUT2D eigenvalue weighted by Crippen LogP contribution is -2.42. The Balaban J connectivity index is 2.53. The molecule has 1 aliphatic rings. The quantitative estimate of drug-likeness (QED) is 0.714. The first-order chi connectivity index (χ1) is 6.04. The number of carboxylic acid groups (broad SMARTS) is 1. The van der Waals surface area contributed by atoms with Crippen molar-refractivity contribution in [3.8, 4) is 0 Å². The number of nitrogens with two attached hydrogens (primary N) is 1. The fourth-order valence-electron chi connectivity index (χ4n) is 1.63. The van der Waals surface area contributed by atoms with E-state index in [1.165, 1.54) is 6.07 Å². The number of hydrogen-bond donors (Lipinski definition) is 2. The van der Waals surface area contributed by atoms with Crippen molar-refractivity contribution in [1.82, 2.24) is 0 Å². The lowest BCUT2D eigenvalue weighted by Gasteiger charge is -2.17.